The molecular weight excluding hydrogens is 449 g/mol. The molecule has 2 atom stereocenters. The molecule has 3 N–H and O–H groups in total. The van der Waals surface area contributed by atoms with Gasteiger partial charge in [0.1, 0.15) is 16.7 Å². The third-order valence-electron chi connectivity index (χ3n) is 4.00. The Balaban J connectivity index is 0.000000282. The summed E-state index contributed by atoms with van der Waals surface area (Å²) in [5.74, 6) is -0.408. The summed E-state index contributed by atoms with van der Waals surface area (Å²) >= 11 is 1.31. The van der Waals surface area contributed by atoms with Crippen LogP contribution in [0.5, 0.6) is 5.75 Å². The SMILES string of the molecule is COCC(N)C(=O)OC(C)C.O=C(O)c1cc2cc(CPOc3ccccc3)ccc2s1. The number of fused-ring (bicyclic) bond motifs is 1. The van der Waals surface area contributed by atoms with Gasteiger partial charge in [-0.1, -0.05) is 24.3 Å². The molecule has 32 heavy (non-hydrogen) atoms. The number of ether oxygens (including phenoxy) is 2. The van der Waals surface area contributed by atoms with Gasteiger partial charge in [0.25, 0.3) is 0 Å². The predicted octanol–water partition coefficient (Wildman–Crippen LogP) is 4.68. The Kier molecular flexibility index (Phi) is 10.6. The van der Waals surface area contributed by atoms with Gasteiger partial charge in [-0.05, 0) is 55.1 Å². The van der Waals surface area contributed by atoms with Gasteiger partial charge in [-0.3, -0.25) is 4.79 Å². The molecule has 0 fully saturated rings. The third kappa shape index (κ3) is 8.55. The number of carbonyl (C=O) groups excluding carboxylic acids is 1. The molecule has 0 amide bonds. The molecule has 172 valence electrons. The van der Waals surface area contributed by atoms with E-state index in [-0.39, 0.29) is 12.7 Å². The van der Waals surface area contributed by atoms with E-state index in [4.69, 9.17) is 20.1 Å². The van der Waals surface area contributed by atoms with Crippen LogP contribution in [0.2, 0.25) is 0 Å². The van der Waals surface area contributed by atoms with Gasteiger partial charge in [-0.15, -0.1) is 11.3 Å². The maximum absolute atomic E-state index is 11.0. The number of carboxylic acid groups (broad SMARTS) is 1. The van der Waals surface area contributed by atoms with E-state index >= 15 is 0 Å². The topological polar surface area (TPSA) is 108 Å². The number of aromatic carboxylic acids is 1. The van der Waals surface area contributed by atoms with Crippen LogP contribution in [0.3, 0.4) is 0 Å². The van der Waals surface area contributed by atoms with Gasteiger partial charge in [0.15, 0.2) is 0 Å². The molecule has 2 unspecified atom stereocenters. The minimum absolute atomic E-state index is 0.120. The largest absolute Gasteiger partial charge is 0.477 e. The monoisotopic (exact) mass is 477 g/mol. The molecule has 1 heterocycles. The maximum atomic E-state index is 11.0. The fraction of sp³-hybridized carbons (Fsp3) is 0.304. The van der Waals surface area contributed by atoms with Crippen molar-refractivity contribution in [2.75, 3.05) is 13.7 Å². The second kappa shape index (κ2) is 13.1. The zero-order valence-corrected chi connectivity index (χ0v) is 20.1. The second-order valence-electron chi connectivity index (χ2n) is 7.07. The summed E-state index contributed by atoms with van der Waals surface area (Å²) in [6.07, 6.45) is 0.703. The van der Waals surface area contributed by atoms with E-state index in [0.717, 1.165) is 27.6 Å². The minimum atomic E-state index is -0.868. The van der Waals surface area contributed by atoms with Crippen LogP contribution in [0, 0.1) is 0 Å². The Morgan fingerprint density at radius 2 is 1.84 bits per heavy atom. The number of hydrogen-bond acceptors (Lipinski definition) is 7. The van der Waals surface area contributed by atoms with Crippen LogP contribution >= 0.6 is 20.1 Å². The lowest BCUT2D eigenvalue weighted by molar-refractivity contribution is -0.150. The zero-order chi connectivity index (χ0) is 23.5. The fourth-order valence-corrected chi connectivity index (χ4v) is 4.21. The minimum Gasteiger partial charge on any atom is -0.477 e. The lowest BCUT2D eigenvalue weighted by Gasteiger charge is -2.12. The van der Waals surface area contributed by atoms with Gasteiger partial charge in [-0.2, -0.15) is 0 Å². The van der Waals surface area contributed by atoms with E-state index in [0.29, 0.717) is 13.7 Å². The Labute approximate surface area is 193 Å². The highest BCUT2D eigenvalue weighted by atomic mass is 32.1. The number of nitrogens with two attached hydrogens (primary N) is 1. The first-order valence-electron chi connectivity index (χ1n) is 9.95. The van der Waals surface area contributed by atoms with Crippen LogP contribution in [0.15, 0.2) is 54.6 Å². The molecule has 0 saturated carbocycles. The fourth-order valence-electron chi connectivity index (χ4n) is 2.57. The van der Waals surface area contributed by atoms with Crippen LogP contribution in [0.25, 0.3) is 10.1 Å². The van der Waals surface area contributed by atoms with E-state index in [1.54, 1.807) is 19.9 Å². The van der Waals surface area contributed by atoms with Crippen molar-refractivity contribution in [1.82, 2.24) is 0 Å². The first-order chi connectivity index (χ1) is 15.3. The molecule has 0 aliphatic heterocycles. The van der Waals surface area contributed by atoms with Crippen LogP contribution in [-0.4, -0.2) is 42.9 Å². The summed E-state index contributed by atoms with van der Waals surface area (Å²) in [5, 5.41) is 10.00. The molecule has 9 heteroatoms. The standard InChI is InChI=1S/C16H13O3PS.C7H15NO3/c17-16(18)15-9-12-8-11(6-7-14(12)21-15)10-20-19-13-4-2-1-3-5-13;1-5(2)11-7(9)6(8)4-10-3/h1-9,20H,10H2,(H,17,18);5-6H,4,8H2,1-3H3. The third-order valence-corrected chi connectivity index (χ3v) is 6.04. The quantitative estimate of drug-likeness (QED) is 0.340. The van der Waals surface area contributed by atoms with E-state index < -0.39 is 18.0 Å². The van der Waals surface area contributed by atoms with Gasteiger partial charge in [-0.25, -0.2) is 4.79 Å². The van der Waals surface area contributed by atoms with Crippen molar-refractivity contribution in [1.29, 1.82) is 0 Å². The normalized spacial score (nSPS) is 11.9. The number of thiophene rings is 1. The number of para-hydroxylation sites is 1. The summed E-state index contributed by atoms with van der Waals surface area (Å²) in [6, 6.07) is 16.9. The molecule has 0 spiro atoms. The molecule has 0 bridgehead atoms. The Hall–Kier alpha value is -2.51. The van der Waals surface area contributed by atoms with Gasteiger partial charge in [0.2, 0.25) is 0 Å². The van der Waals surface area contributed by atoms with Gasteiger partial charge >= 0.3 is 11.9 Å². The predicted molar refractivity (Wildman–Crippen MR) is 129 cm³/mol. The summed E-state index contributed by atoms with van der Waals surface area (Å²) < 4.78 is 16.2. The molecular formula is C23H28NO6PS. The molecule has 3 rings (SSSR count). The average molecular weight is 478 g/mol. The molecule has 3 aromatic rings. The Morgan fingerprint density at radius 3 is 2.47 bits per heavy atom. The highest BCUT2D eigenvalue weighted by Crippen LogP contribution is 2.29. The number of methoxy groups -OCH3 is 1. The average Bonchev–Trinajstić information content (AvgIpc) is 3.19. The first-order valence-corrected chi connectivity index (χ1v) is 11.9. The van der Waals surface area contributed by atoms with Crippen molar-refractivity contribution in [3.8, 4) is 5.75 Å². The summed E-state index contributed by atoms with van der Waals surface area (Å²) in [7, 11) is 1.84. The molecule has 0 aliphatic carbocycles. The number of hydrogen-bond donors (Lipinski definition) is 2. The van der Waals surface area contributed by atoms with Crippen molar-refractivity contribution < 1.29 is 28.7 Å². The Bertz CT molecular complexity index is 1010. The number of carbonyl (C=O) groups is 2. The van der Waals surface area contributed by atoms with Crippen molar-refractivity contribution >= 4 is 42.2 Å². The number of carboxylic acids is 1. The van der Waals surface area contributed by atoms with Crippen molar-refractivity contribution in [2.24, 2.45) is 5.73 Å². The maximum Gasteiger partial charge on any atom is 0.345 e. The highest BCUT2D eigenvalue weighted by molar-refractivity contribution is 7.31. The first kappa shape index (κ1) is 25.7. The number of esters is 1. The van der Waals surface area contributed by atoms with E-state index in [2.05, 4.69) is 4.74 Å². The molecule has 1 aromatic heterocycles. The number of rotatable bonds is 9. The van der Waals surface area contributed by atoms with Gasteiger partial charge in [0, 0.05) is 18.0 Å². The Morgan fingerprint density at radius 1 is 1.12 bits per heavy atom. The van der Waals surface area contributed by atoms with Crippen molar-refractivity contribution in [3.05, 3.63) is 65.0 Å². The molecule has 0 saturated heterocycles. The number of benzene rings is 2. The van der Waals surface area contributed by atoms with Crippen LogP contribution in [0.4, 0.5) is 0 Å². The highest BCUT2D eigenvalue weighted by Gasteiger charge is 2.15. The molecule has 0 radical (unpaired) electrons. The van der Waals surface area contributed by atoms with Crippen molar-refractivity contribution in [3.63, 3.8) is 0 Å². The molecule has 7 nitrogen and oxygen atoms in total. The second-order valence-corrected chi connectivity index (χ2v) is 9.00. The van der Waals surface area contributed by atoms with Gasteiger partial charge in [0.05, 0.1) is 21.5 Å². The lowest BCUT2D eigenvalue weighted by Crippen LogP contribution is -2.37. The molecule has 2 aromatic carbocycles. The van der Waals surface area contributed by atoms with Gasteiger partial charge < -0.3 is 24.8 Å². The summed E-state index contributed by atoms with van der Waals surface area (Å²) in [6.45, 7) is 3.75. The molecule has 0 aliphatic rings. The van der Waals surface area contributed by atoms with Crippen LogP contribution < -0.4 is 10.3 Å². The zero-order valence-electron chi connectivity index (χ0n) is 18.2. The van der Waals surface area contributed by atoms with E-state index in [1.165, 1.54) is 18.4 Å². The lowest BCUT2D eigenvalue weighted by atomic mass is 10.2. The summed E-state index contributed by atoms with van der Waals surface area (Å²) in [5.41, 5.74) is 6.54. The van der Waals surface area contributed by atoms with Crippen LogP contribution in [-0.2, 0) is 20.4 Å². The summed E-state index contributed by atoms with van der Waals surface area (Å²) in [4.78, 5) is 22.3. The smallest absolute Gasteiger partial charge is 0.345 e. The van der Waals surface area contributed by atoms with E-state index in [9.17, 15) is 9.59 Å². The van der Waals surface area contributed by atoms with Crippen LogP contribution in [0.1, 0.15) is 29.1 Å². The van der Waals surface area contributed by atoms with E-state index in [1.807, 2.05) is 48.5 Å². The van der Waals surface area contributed by atoms with Crippen molar-refractivity contribution in [2.45, 2.75) is 32.2 Å².